The molecule has 0 spiro atoms. The summed E-state index contributed by atoms with van der Waals surface area (Å²) in [6.07, 6.45) is -0.586. The van der Waals surface area contributed by atoms with E-state index < -0.39 is 12.1 Å². The predicted octanol–water partition coefficient (Wildman–Crippen LogP) is 0.364. The predicted molar refractivity (Wildman–Crippen MR) is 32.8 cm³/mol. The topological polar surface area (TPSA) is 29.5 Å². The van der Waals surface area contributed by atoms with Crippen molar-refractivity contribution in [2.75, 3.05) is 14.2 Å². The van der Waals surface area contributed by atoms with Crippen LogP contribution < -0.4 is 0 Å². The first-order valence-electron chi connectivity index (χ1n) is 3.12. The van der Waals surface area contributed by atoms with Gasteiger partial charge < -0.3 is 0 Å². The van der Waals surface area contributed by atoms with Gasteiger partial charge in [-0.25, -0.2) is 9.45 Å². The number of carbonyl (C=O) groups is 1. The molecule has 0 saturated heterocycles. The van der Waals surface area contributed by atoms with Crippen molar-refractivity contribution in [2.45, 2.75) is 12.6 Å². The summed E-state index contributed by atoms with van der Waals surface area (Å²) >= 11 is 0. The number of hydrogen-bond acceptors (Lipinski definition) is 2. The van der Waals surface area contributed by atoms with Crippen molar-refractivity contribution >= 4 is 5.91 Å². The summed E-state index contributed by atoms with van der Waals surface area (Å²) in [7, 11) is 2.86. The zero-order chi connectivity index (χ0) is 7.72. The van der Waals surface area contributed by atoms with Gasteiger partial charge in [0.05, 0.1) is 13.0 Å². The van der Waals surface area contributed by atoms with Crippen LogP contribution in [-0.4, -0.2) is 31.3 Å². The van der Waals surface area contributed by atoms with Crippen LogP contribution in [0.2, 0.25) is 0 Å². The molecule has 0 aromatic carbocycles. The molecule has 2 atom stereocenters. The van der Waals surface area contributed by atoms with Crippen molar-refractivity contribution in [2.24, 2.45) is 5.92 Å². The molecule has 58 valence electrons. The van der Waals surface area contributed by atoms with E-state index in [2.05, 4.69) is 4.84 Å². The fourth-order valence-corrected chi connectivity index (χ4v) is 0.743. The van der Waals surface area contributed by atoms with Crippen molar-refractivity contribution in [3.05, 3.63) is 0 Å². The minimum absolute atomic E-state index is 0.269. The molecular weight excluding hydrogens is 137 g/mol. The third kappa shape index (κ3) is 1.26. The molecule has 2 unspecified atom stereocenters. The van der Waals surface area contributed by atoms with E-state index >= 15 is 0 Å². The van der Waals surface area contributed by atoms with Gasteiger partial charge >= 0.3 is 0 Å². The maximum absolute atomic E-state index is 12.2. The minimum Gasteiger partial charge on any atom is -0.275 e. The second-order valence-corrected chi connectivity index (χ2v) is 2.38. The molecule has 3 nitrogen and oxygen atoms in total. The molecule has 0 aliphatic heterocycles. The van der Waals surface area contributed by atoms with E-state index in [1.54, 1.807) is 0 Å². The van der Waals surface area contributed by atoms with Gasteiger partial charge in [-0.05, 0) is 6.42 Å². The Morgan fingerprint density at radius 2 is 2.30 bits per heavy atom. The van der Waals surface area contributed by atoms with Gasteiger partial charge in [-0.3, -0.25) is 9.63 Å². The zero-order valence-electron chi connectivity index (χ0n) is 6.00. The van der Waals surface area contributed by atoms with Crippen LogP contribution >= 0.6 is 0 Å². The van der Waals surface area contributed by atoms with Gasteiger partial charge in [0.1, 0.15) is 6.17 Å². The SMILES string of the molecule is CON(C)C(=O)C1CC1F. The van der Waals surface area contributed by atoms with Crippen LogP contribution in [0.1, 0.15) is 6.42 Å². The van der Waals surface area contributed by atoms with Gasteiger partial charge in [-0.1, -0.05) is 0 Å². The lowest BCUT2D eigenvalue weighted by Crippen LogP contribution is -2.27. The highest BCUT2D eigenvalue weighted by molar-refractivity contribution is 5.80. The first-order valence-corrected chi connectivity index (χ1v) is 3.12. The summed E-state index contributed by atoms with van der Waals surface area (Å²) in [5.41, 5.74) is 0. The molecule has 0 aromatic rings. The highest BCUT2D eigenvalue weighted by Gasteiger charge is 2.45. The molecule has 0 bridgehead atoms. The molecule has 1 aliphatic rings. The Hall–Kier alpha value is -0.640. The van der Waals surface area contributed by atoms with Crippen LogP contribution in [0.25, 0.3) is 0 Å². The third-order valence-corrected chi connectivity index (χ3v) is 1.61. The fraction of sp³-hybridized carbons (Fsp3) is 0.833. The first-order chi connectivity index (χ1) is 4.66. The fourth-order valence-electron chi connectivity index (χ4n) is 0.743. The molecule has 4 heteroatoms. The maximum atomic E-state index is 12.2. The Bertz CT molecular complexity index is 145. The van der Waals surface area contributed by atoms with Crippen molar-refractivity contribution in [3.8, 4) is 0 Å². The van der Waals surface area contributed by atoms with Crippen molar-refractivity contribution in [1.82, 2.24) is 5.06 Å². The summed E-state index contributed by atoms with van der Waals surface area (Å²) in [5.74, 6) is -0.708. The second-order valence-electron chi connectivity index (χ2n) is 2.38. The van der Waals surface area contributed by atoms with Crippen LogP contribution in [-0.2, 0) is 9.63 Å². The molecule has 0 aromatic heterocycles. The second kappa shape index (κ2) is 2.54. The third-order valence-electron chi connectivity index (χ3n) is 1.61. The lowest BCUT2D eigenvalue weighted by Gasteiger charge is -2.11. The van der Waals surface area contributed by atoms with E-state index in [9.17, 15) is 9.18 Å². The van der Waals surface area contributed by atoms with Gasteiger partial charge in [-0.2, -0.15) is 0 Å². The number of amides is 1. The Balaban J connectivity index is 2.35. The number of hydrogen-bond donors (Lipinski definition) is 0. The molecule has 0 N–H and O–H groups in total. The maximum Gasteiger partial charge on any atom is 0.251 e. The standard InChI is InChI=1S/C6H10FNO2/c1-8(10-2)6(9)4-3-5(4)7/h4-5H,3H2,1-2H3. The Morgan fingerprint density at radius 1 is 1.80 bits per heavy atom. The molecular formula is C6H10FNO2. The largest absolute Gasteiger partial charge is 0.275 e. The zero-order valence-corrected chi connectivity index (χ0v) is 6.00. The summed E-state index contributed by atoms with van der Waals surface area (Å²) in [6, 6.07) is 0. The lowest BCUT2D eigenvalue weighted by atomic mass is 10.4. The molecule has 1 fully saturated rings. The monoisotopic (exact) mass is 147 g/mol. The van der Waals surface area contributed by atoms with Crippen LogP contribution in [0.5, 0.6) is 0 Å². The summed E-state index contributed by atoms with van der Waals surface area (Å²) in [5, 5.41) is 1.06. The Morgan fingerprint density at radius 3 is 2.60 bits per heavy atom. The molecule has 1 aliphatic carbocycles. The lowest BCUT2D eigenvalue weighted by molar-refractivity contribution is -0.170. The highest BCUT2D eigenvalue weighted by Crippen LogP contribution is 2.34. The number of rotatable bonds is 2. The van der Waals surface area contributed by atoms with E-state index in [0.717, 1.165) is 5.06 Å². The van der Waals surface area contributed by atoms with Crippen molar-refractivity contribution in [3.63, 3.8) is 0 Å². The van der Waals surface area contributed by atoms with Crippen LogP contribution in [0, 0.1) is 5.92 Å². The molecule has 1 saturated carbocycles. The Kier molecular flexibility index (Phi) is 1.89. The normalized spacial score (nSPS) is 29.9. The molecule has 10 heavy (non-hydrogen) atoms. The van der Waals surface area contributed by atoms with Gasteiger partial charge in [-0.15, -0.1) is 0 Å². The first kappa shape index (κ1) is 7.47. The van der Waals surface area contributed by atoms with Gasteiger partial charge in [0, 0.05) is 7.05 Å². The number of nitrogens with zero attached hydrogens (tertiary/aromatic N) is 1. The number of halogens is 1. The Labute approximate surface area is 58.7 Å². The van der Waals surface area contributed by atoms with Gasteiger partial charge in [0.25, 0.3) is 5.91 Å². The van der Waals surface area contributed by atoms with E-state index in [1.807, 2.05) is 0 Å². The number of hydroxylamine groups is 2. The summed E-state index contributed by atoms with van der Waals surface area (Å²) in [4.78, 5) is 15.5. The van der Waals surface area contributed by atoms with Crippen molar-refractivity contribution < 1.29 is 14.0 Å². The van der Waals surface area contributed by atoms with Crippen LogP contribution in [0.3, 0.4) is 0 Å². The average molecular weight is 147 g/mol. The minimum atomic E-state index is -0.940. The number of carbonyl (C=O) groups excluding carboxylic acids is 1. The molecule has 1 rings (SSSR count). The summed E-state index contributed by atoms with van der Waals surface area (Å²) in [6.45, 7) is 0. The van der Waals surface area contributed by atoms with E-state index in [1.165, 1.54) is 14.2 Å². The highest BCUT2D eigenvalue weighted by atomic mass is 19.1. The average Bonchev–Trinajstić information content (AvgIpc) is 2.63. The van der Waals surface area contributed by atoms with Crippen LogP contribution in [0.4, 0.5) is 4.39 Å². The van der Waals surface area contributed by atoms with E-state index in [-0.39, 0.29) is 5.91 Å². The summed E-state index contributed by atoms with van der Waals surface area (Å²) < 4.78 is 12.2. The van der Waals surface area contributed by atoms with E-state index in [0.29, 0.717) is 6.42 Å². The van der Waals surface area contributed by atoms with Crippen LogP contribution in [0.15, 0.2) is 0 Å². The smallest absolute Gasteiger partial charge is 0.251 e. The van der Waals surface area contributed by atoms with Gasteiger partial charge in [0.15, 0.2) is 0 Å². The molecule has 1 amide bonds. The van der Waals surface area contributed by atoms with Gasteiger partial charge in [0.2, 0.25) is 0 Å². The molecule has 0 heterocycles. The quantitative estimate of drug-likeness (QED) is 0.528. The van der Waals surface area contributed by atoms with E-state index in [4.69, 9.17) is 0 Å². The number of alkyl halides is 1. The van der Waals surface area contributed by atoms with Crippen molar-refractivity contribution in [1.29, 1.82) is 0 Å². The molecule has 0 radical (unpaired) electrons.